The summed E-state index contributed by atoms with van der Waals surface area (Å²) in [5.41, 5.74) is 13.0. The van der Waals surface area contributed by atoms with Crippen LogP contribution in [0.1, 0.15) is 22.4 Å². The van der Waals surface area contributed by atoms with Crippen LogP contribution in [-0.2, 0) is 19.9 Å². The lowest BCUT2D eigenvalue weighted by molar-refractivity contribution is 0.726. The summed E-state index contributed by atoms with van der Waals surface area (Å²) in [4.78, 5) is 9.02. The van der Waals surface area contributed by atoms with Crippen molar-refractivity contribution in [2.45, 2.75) is 12.8 Å². The topological polar surface area (TPSA) is 93.4 Å². The highest BCUT2D eigenvalue weighted by molar-refractivity contribution is 5.66. The van der Waals surface area contributed by atoms with Gasteiger partial charge < -0.3 is 5.73 Å². The van der Waals surface area contributed by atoms with Crippen molar-refractivity contribution in [2.75, 3.05) is 6.54 Å². The third-order valence-electron chi connectivity index (χ3n) is 5.04. The van der Waals surface area contributed by atoms with Gasteiger partial charge in [-0.15, -0.1) is 0 Å². The first-order chi connectivity index (χ1) is 14.7. The minimum atomic E-state index is 0.599. The molecule has 0 aliphatic carbocycles. The molecular formula is C24H22N6. The maximum absolute atomic E-state index is 9.39. The third kappa shape index (κ3) is 4.12. The second-order valence-electron chi connectivity index (χ2n) is 7.11. The Kier molecular flexibility index (Phi) is 5.64. The highest BCUT2D eigenvalue weighted by Gasteiger charge is 2.13. The molecule has 0 spiro atoms. The van der Waals surface area contributed by atoms with Gasteiger partial charge in [0.1, 0.15) is 5.69 Å². The molecule has 0 aliphatic heterocycles. The van der Waals surface area contributed by atoms with Crippen LogP contribution in [0.15, 0.2) is 67.0 Å². The molecule has 0 saturated heterocycles. The highest BCUT2D eigenvalue weighted by atomic mass is 15.3. The van der Waals surface area contributed by atoms with Gasteiger partial charge >= 0.3 is 0 Å². The largest absolute Gasteiger partial charge is 0.330 e. The van der Waals surface area contributed by atoms with Crippen molar-refractivity contribution >= 4 is 0 Å². The van der Waals surface area contributed by atoms with Crippen LogP contribution < -0.4 is 5.73 Å². The lowest BCUT2D eigenvalue weighted by Crippen LogP contribution is -2.03. The van der Waals surface area contributed by atoms with Crippen LogP contribution in [0, 0.1) is 11.3 Å². The molecule has 30 heavy (non-hydrogen) atoms. The molecule has 6 heteroatoms. The standard InChI is InChI=1S/C24H22N6/c1-30-20(14-24(29-30)23-4-2-3-11-27-23)13-19-12-18(15-26)5-7-21(19)22-8-6-17(9-10-25)16-28-22/h2-8,11-12,14,16H,9-10,13,25H2,1H3. The first-order valence-electron chi connectivity index (χ1n) is 9.80. The SMILES string of the molecule is Cn1nc(-c2ccccn2)cc1Cc1cc(C#N)ccc1-c1ccc(CCN)cn1. The van der Waals surface area contributed by atoms with Crippen molar-refractivity contribution in [1.29, 1.82) is 5.26 Å². The van der Waals surface area contributed by atoms with Crippen LogP contribution in [-0.4, -0.2) is 26.3 Å². The van der Waals surface area contributed by atoms with Gasteiger partial charge in [0.25, 0.3) is 0 Å². The number of aromatic nitrogens is 4. The maximum atomic E-state index is 9.39. The van der Waals surface area contributed by atoms with Gasteiger partial charge in [0.15, 0.2) is 0 Å². The molecular weight excluding hydrogens is 372 g/mol. The molecule has 148 valence electrons. The second-order valence-corrected chi connectivity index (χ2v) is 7.11. The van der Waals surface area contributed by atoms with Gasteiger partial charge in [0.05, 0.1) is 23.0 Å². The zero-order valence-electron chi connectivity index (χ0n) is 16.8. The van der Waals surface area contributed by atoms with Crippen molar-refractivity contribution < 1.29 is 0 Å². The molecule has 3 aromatic heterocycles. The molecule has 3 heterocycles. The van der Waals surface area contributed by atoms with Gasteiger partial charge in [0.2, 0.25) is 0 Å². The summed E-state index contributed by atoms with van der Waals surface area (Å²) in [5, 5.41) is 14.0. The van der Waals surface area contributed by atoms with E-state index in [0.29, 0.717) is 18.5 Å². The Morgan fingerprint density at radius 2 is 1.90 bits per heavy atom. The predicted octanol–water partition coefficient (Wildman–Crippen LogP) is 3.51. The minimum Gasteiger partial charge on any atom is -0.330 e. The van der Waals surface area contributed by atoms with Gasteiger partial charge in [-0.1, -0.05) is 18.2 Å². The molecule has 0 amide bonds. The highest BCUT2D eigenvalue weighted by Crippen LogP contribution is 2.27. The average molecular weight is 394 g/mol. The van der Waals surface area contributed by atoms with Crippen LogP contribution in [0.2, 0.25) is 0 Å². The molecule has 1 aromatic carbocycles. The van der Waals surface area contributed by atoms with Crippen molar-refractivity contribution in [3.05, 3.63) is 89.4 Å². The second kappa shape index (κ2) is 8.68. The number of rotatable bonds is 6. The number of benzene rings is 1. The Hall–Kier alpha value is -3.82. The fourth-order valence-electron chi connectivity index (χ4n) is 3.46. The van der Waals surface area contributed by atoms with E-state index in [1.54, 1.807) is 6.20 Å². The van der Waals surface area contributed by atoms with Crippen LogP contribution in [0.25, 0.3) is 22.6 Å². The molecule has 0 aliphatic rings. The van der Waals surface area contributed by atoms with E-state index in [9.17, 15) is 5.26 Å². The van der Waals surface area contributed by atoms with E-state index in [2.05, 4.69) is 27.2 Å². The van der Waals surface area contributed by atoms with E-state index < -0.39 is 0 Å². The van der Waals surface area contributed by atoms with Gasteiger partial charge in [-0.05, 0) is 60.5 Å². The zero-order chi connectivity index (χ0) is 20.9. The maximum Gasteiger partial charge on any atom is 0.111 e. The van der Waals surface area contributed by atoms with Gasteiger partial charge in [-0.3, -0.25) is 14.6 Å². The summed E-state index contributed by atoms with van der Waals surface area (Å²) in [7, 11) is 1.93. The Morgan fingerprint density at radius 1 is 1.00 bits per heavy atom. The zero-order valence-corrected chi connectivity index (χ0v) is 16.8. The van der Waals surface area contributed by atoms with Gasteiger partial charge in [-0.2, -0.15) is 10.4 Å². The summed E-state index contributed by atoms with van der Waals surface area (Å²) in [6.45, 7) is 0.599. The molecule has 0 fully saturated rings. The summed E-state index contributed by atoms with van der Waals surface area (Å²) in [5.74, 6) is 0. The number of nitriles is 1. The molecule has 0 unspecified atom stereocenters. The number of nitrogens with two attached hydrogens (primary N) is 1. The normalized spacial score (nSPS) is 10.7. The van der Waals surface area contributed by atoms with Gasteiger partial charge in [0, 0.05) is 37.1 Å². The molecule has 2 N–H and O–H groups in total. The molecule has 0 radical (unpaired) electrons. The molecule has 0 atom stereocenters. The van der Waals surface area contributed by atoms with E-state index in [-0.39, 0.29) is 0 Å². The smallest absolute Gasteiger partial charge is 0.111 e. The van der Waals surface area contributed by atoms with E-state index >= 15 is 0 Å². The van der Waals surface area contributed by atoms with Crippen LogP contribution in [0.4, 0.5) is 0 Å². The fraction of sp³-hybridized carbons (Fsp3) is 0.167. The number of nitrogens with zero attached hydrogens (tertiary/aromatic N) is 5. The lowest BCUT2D eigenvalue weighted by Gasteiger charge is -2.11. The monoisotopic (exact) mass is 394 g/mol. The predicted molar refractivity (Wildman–Crippen MR) is 116 cm³/mol. The molecule has 4 rings (SSSR count). The summed E-state index contributed by atoms with van der Waals surface area (Å²) < 4.78 is 1.87. The van der Waals surface area contributed by atoms with Crippen molar-refractivity contribution in [2.24, 2.45) is 12.8 Å². The minimum absolute atomic E-state index is 0.599. The Labute approximate surface area is 175 Å². The molecule has 4 aromatic rings. The van der Waals surface area contributed by atoms with Crippen LogP contribution in [0.5, 0.6) is 0 Å². The third-order valence-corrected chi connectivity index (χ3v) is 5.04. The van der Waals surface area contributed by atoms with E-state index in [4.69, 9.17) is 5.73 Å². The van der Waals surface area contributed by atoms with Crippen molar-refractivity contribution in [1.82, 2.24) is 19.7 Å². The van der Waals surface area contributed by atoms with Crippen molar-refractivity contribution in [3.63, 3.8) is 0 Å². The Morgan fingerprint density at radius 3 is 2.60 bits per heavy atom. The Balaban J connectivity index is 1.70. The lowest BCUT2D eigenvalue weighted by atomic mass is 9.97. The summed E-state index contributed by atoms with van der Waals surface area (Å²) in [6, 6.07) is 19.9. The molecule has 0 saturated carbocycles. The van der Waals surface area contributed by atoms with Crippen LogP contribution in [0.3, 0.4) is 0 Å². The average Bonchev–Trinajstić information content (AvgIpc) is 3.15. The van der Waals surface area contributed by atoms with E-state index in [1.165, 1.54) is 0 Å². The summed E-state index contributed by atoms with van der Waals surface area (Å²) in [6.07, 6.45) is 5.07. The Bertz CT molecular complexity index is 1190. The molecule has 0 bridgehead atoms. The molecule has 6 nitrogen and oxygen atoms in total. The van der Waals surface area contributed by atoms with Gasteiger partial charge in [-0.25, -0.2) is 0 Å². The van der Waals surface area contributed by atoms with Crippen molar-refractivity contribution in [3.8, 4) is 28.7 Å². The quantitative estimate of drug-likeness (QED) is 0.540. The first-order valence-corrected chi connectivity index (χ1v) is 9.80. The first kappa shape index (κ1) is 19.5. The van der Waals surface area contributed by atoms with E-state index in [0.717, 1.165) is 45.9 Å². The summed E-state index contributed by atoms with van der Waals surface area (Å²) >= 11 is 0. The van der Waals surface area contributed by atoms with E-state index in [1.807, 2.05) is 66.5 Å². The fourth-order valence-corrected chi connectivity index (χ4v) is 3.46. The van der Waals surface area contributed by atoms with Crippen LogP contribution >= 0.6 is 0 Å². The number of hydrogen-bond donors (Lipinski definition) is 1. The number of pyridine rings is 2. The number of aryl methyl sites for hydroxylation is 1. The number of hydrogen-bond acceptors (Lipinski definition) is 5.